The van der Waals surface area contributed by atoms with E-state index in [-0.39, 0.29) is 11.2 Å². The maximum atomic E-state index is 12.5. The van der Waals surface area contributed by atoms with Crippen molar-refractivity contribution >= 4 is 39.0 Å². The molecular weight excluding hydrogens is 346 g/mol. The Bertz CT molecular complexity index is 978. The van der Waals surface area contributed by atoms with Gasteiger partial charge in [-0.05, 0) is 17.0 Å². The Kier molecular flexibility index (Phi) is 4.77. The molecule has 0 amide bonds. The molecule has 24 heavy (non-hydrogen) atoms. The third kappa shape index (κ3) is 3.24. The van der Waals surface area contributed by atoms with Crippen LogP contribution in [0.1, 0.15) is 5.56 Å². The molecule has 0 aliphatic heterocycles. The minimum absolute atomic E-state index is 0.0539. The molecule has 0 saturated heterocycles. The molecule has 0 spiro atoms. The number of fused-ring (bicyclic) bond motifs is 1. The van der Waals surface area contributed by atoms with Gasteiger partial charge in [-0.3, -0.25) is 19.5 Å². The molecule has 0 aliphatic rings. The van der Waals surface area contributed by atoms with Gasteiger partial charge in [0.2, 0.25) is 0 Å². The highest BCUT2D eigenvalue weighted by Crippen LogP contribution is 2.25. The van der Waals surface area contributed by atoms with Crippen molar-refractivity contribution in [3.8, 4) is 0 Å². The Labute approximate surface area is 145 Å². The van der Waals surface area contributed by atoms with Gasteiger partial charge in [-0.1, -0.05) is 30.0 Å². The molecule has 1 aromatic carbocycles. The van der Waals surface area contributed by atoms with E-state index in [0.29, 0.717) is 27.7 Å². The van der Waals surface area contributed by atoms with Crippen molar-refractivity contribution in [1.29, 1.82) is 0 Å². The highest BCUT2D eigenvalue weighted by atomic mass is 32.2. The molecule has 0 saturated carbocycles. The number of non-ortho nitro benzene ring substituents is 1. The summed E-state index contributed by atoms with van der Waals surface area (Å²) in [4.78, 5) is 28.2. The van der Waals surface area contributed by atoms with Crippen LogP contribution in [-0.2, 0) is 12.3 Å². The zero-order chi connectivity index (χ0) is 17.1. The number of nitro benzene ring substituents is 1. The van der Waals surface area contributed by atoms with Crippen LogP contribution in [-0.4, -0.2) is 14.5 Å². The van der Waals surface area contributed by atoms with Crippen LogP contribution in [0.3, 0.4) is 0 Å². The van der Waals surface area contributed by atoms with E-state index in [1.807, 2.05) is 11.4 Å². The first kappa shape index (κ1) is 16.4. The number of allylic oxidation sites excluding steroid dienone is 1. The SMILES string of the molecule is C=CCn1c(SCc2cccc([N+](=O)[O-])c2)nc2sccc2c1=O. The Morgan fingerprint density at radius 3 is 3.00 bits per heavy atom. The van der Waals surface area contributed by atoms with E-state index in [0.717, 1.165) is 5.56 Å². The van der Waals surface area contributed by atoms with E-state index >= 15 is 0 Å². The van der Waals surface area contributed by atoms with Crippen molar-refractivity contribution in [3.63, 3.8) is 0 Å². The molecule has 6 nitrogen and oxygen atoms in total. The molecule has 2 heterocycles. The summed E-state index contributed by atoms with van der Waals surface area (Å²) < 4.78 is 1.57. The van der Waals surface area contributed by atoms with Crippen LogP contribution in [0.2, 0.25) is 0 Å². The zero-order valence-corrected chi connectivity index (χ0v) is 14.2. The van der Waals surface area contributed by atoms with Gasteiger partial charge in [0, 0.05) is 24.4 Å². The molecule has 0 N–H and O–H groups in total. The summed E-state index contributed by atoms with van der Waals surface area (Å²) in [5, 5.41) is 13.9. The number of hydrogen-bond donors (Lipinski definition) is 0. The number of nitro groups is 1. The number of nitrogens with zero attached hydrogens (tertiary/aromatic N) is 3. The van der Waals surface area contributed by atoms with Gasteiger partial charge >= 0.3 is 0 Å². The average Bonchev–Trinajstić information content (AvgIpc) is 3.05. The van der Waals surface area contributed by atoms with Crippen LogP contribution in [0, 0.1) is 10.1 Å². The molecule has 0 aliphatic carbocycles. The molecule has 8 heteroatoms. The van der Waals surface area contributed by atoms with E-state index in [2.05, 4.69) is 11.6 Å². The number of aromatic nitrogens is 2. The number of benzene rings is 1. The lowest BCUT2D eigenvalue weighted by Gasteiger charge is -2.10. The van der Waals surface area contributed by atoms with Gasteiger partial charge in [-0.15, -0.1) is 17.9 Å². The number of thiophene rings is 1. The minimum atomic E-state index is -0.419. The maximum Gasteiger partial charge on any atom is 0.269 e. The lowest BCUT2D eigenvalue weighted by molar-refractivity contribution is -0.384. The monoisotopic (exact) mass is 359 g/mol. The second-order valence-electron chi connectivity index (χ2n) is 4.95. The molecule has 122 valence electrons. The normalized spacial score (nSPS) is 10.8. The van der Waals surface area contributed by atoms with Crippen molar-refractivity contribution in [2.24, 2.45) is 0 Å². The predicted molar refractivity (Wildman–Crippen MR) is 96.7 cm³/mol. The van der Waals surface area contributed by atoms with Crippen LogP contribution < -0.4 is 5.56 Å². The van der Waals surface area contributed by atoms with E-state index < -0.39 is 4.92 Å². The molecule has 0 atom stereocenters. The Morgan fingerprint density at radius 1 is 1.42 bits per heavy atom. The number of rotatable bonds is 6. The largest absolute Gasteiger partial charge is 0.283 e. The van der Waals surface area contributed by atoms with Crippen LogP contribution >= 0.6 is 23.1 Å². The molecule has 3 rings (SSSR count). The summed E-state index contributed by atoms with van der Waals surface area (Å²) in [5.41, 5.74) is 0.765. The molecule has 0 fully saturated rings. The maximum absolute atomic E-state index is 12.5. The van der Waals surface area contributed by atoms with E-state index in [1.165, 1.54) is 35.2 Å². The van der Waals surface area contributed by atoms with Gasteiger partial charge in [0.05, 0.1) is 10.3 Å². The molecular formula is C16H13N3O3S2. The first-order chi connectivity index (χ1) is 11.6. The van der Waals surface area contributed by atoms with Gasteiger partial charge in [-0.25, -0.2) is 4.98 Å². The van der Waals surface area contributed by atoms with E-state index in [9.17, 15) is 14.9 Å². The van der Waals surface area contributed by atoms with Crippen molar-refractivity contribution in [3.05, 3.63) is 74.4 Å². The van der Waals surface area contributed by atoms with Crippen LogP contribution in [0.5, 0.6) is 0 Å². The second kappa shape index (κ2) is 6.98. The topological polar surface area (TPSA) is 78.0 Å². The van der Waals surface area contributed by atoms with Gasteiger partial charge in [0.15, 0.2) is 5.16 Å². The second-order valence-corrected chi connectivity index (χ2v) is 6.79. The molecule has 0 bridgehead atoms. The lowest BCUT2D eigenvalue weighted by atomic mass is 10.2. The summed E-state index contributed by atoms with van der Waals surface area (Å²) >= 11 is 2.80. The summed E-state index contributed by atoms with van der Waals surface area (Å²) in [6.07, 6.45) is 1.65. The smallest absolute Gasteiger partial charge is 0.269 e. The molecule has 0 radical (unpaired) electrons. The summed E-state index contributed by atoms with van der Waals surface area (Å²) in [6.45, 7) is 4.06. The highest BCUT2D eigenvalue weighted by molar-refractivity contribution is 7.98. The Balaban J connectivity index is 1.93. The van der Waals surface area contributed by atoms with E-state index in [4.69, 9.17) is 0 Å². The molecule has 2 aromatic heterocycles. The fraction of sp³-hybridized carbons (Fsp3) is 0.125. The number of hydrogen-bond acceptors (Lipinski definition) is 6. The van der Waals surface area contributed by atoms with Crippen LogP contribution in [0.4, 0.5) is 5.69 Å². The third-order valence-electron chi connectivity index (χ3n) is 3.35. The molecule has 0 unspecified atom stereocenters. The average molecular weight is 359 g/mol. The van der Waals surface area contributed by atoms with Gasteiger partial charge < -0.3 is 0 Å². The molecule has 3 aromatic rings. The van der Waals surface area contributed by atoms with Crippen LogP contribution in [0.25, 0.3) is 10.2 Å². The van der Waals surface area contributed by atoms with Gasteiger partial charge in [0.25, 0.3) is 11.2 Å². The summed E-state index contributed by atoms with van der Waals surface area (Å²) in [6, 6.07) is 8.23. The standard InChI is InChI=1S/C16H13N3O3S2/c1-2-7-18-15(20)13-6-8-23-14(13)17-16(18)24-10-11-4-3-5-12(9-11)19(21)22/h2-6,8-9H,1,7,10H2. The summed E-state index contributed by atoms with van der Waals surface area (Å²) in [7, 11) is 0. The fourth-order valence-electron chi connectivity index (χ4n) is 2.24. The lowest BCUT2D eigenvalue weighted by Crippen LogP contribution is -2.22. The third-order valence-corrected chi connectivity index (χ3v) is 5.20. The minimum Gasteiger partial charge on any atom is -0.283 e. The van der Waals surface area contributed by atoms with Crippen molar-refractivity contribution in [2.75, 3.05) is 0 Å². The first-order valence-corrected chi connectivity index (χ1v) is 8.91. The highest BCUT2D eigenvalue weighted by Gasteiger charge is 2.12. The predicted octanol–water partition coefficient (Wildman–Crippen LogP) is 3.84. The van der Waals surface area contributed by atoms with Gasteiger partial charge in [-0.2, -0.15) is 0 Å². The Hall–Kier alpha value is -2.45. The quantitative estimate of drug-likeness (QED) is 0.220. The van der Waals surface area contributed by atoms with Crippen molar-refractivity contribution < 1.29 is 4.92 Å². The summed E-state index contributed by atoms with van der Waals surface area (Å²) in [5.74, 6) is 0.488. The van der Waals surface area contributed by atoms with Crippen molar-refractivity contribution in [2.45, 2.75) is 17.5 Å². The Morgan fingerprint density at radius 2 is 2.25 bits per heavy atom. The van der Waals surface area contributed by atoms with Crippen molar-refractivity contribution in [1.82, 2.24) is 9.55 Å². The first-order valence-electron chi connectivity index (χ1n) is 7.05. The zero-order valence-electron chi connectivity index (χ0n) is 12.5. The van der Waals surface area contributed by atoms with Gasteiger partial charge in [0.1, 0.15) is 4.83 Å². The van der Waals surface area contributed by atoms with Crippen LogP contribution in [0.15, 0.2) is 58.3 Å². The fourth-order valence-corrected chi connectivity index (χ4v) is 3.99. The number of thioether (sulfide) groups is 1. The van der Waals surface area contributed by atoms with E-state index in [1.54, 1.807) is 22.8 Å².